The molecule has 4 rings (SSSR count). The van der Waals surface area contributed by atoms with Crippen LogP contribution in [0.3, 0.4) is 0 Å². The first-order valence-corrected chi connectivity index (χ1v) is 10.8. The number of esters is 2. The quantitative estimate of drug-likeness (QED) is 0.624. The van der Waals surface area contributed by atoms with E-state index in [0.29, 0.717) is 45.2 Å². The van der Waals surface area contributed by atoms with E-state index in [1.54, 1.807) is 38.1 Å². The van der Waals surface area contributed by atoms with E-state index in [1.807, 2.05) is 18.2 Å². The van der Waals surface area contributed by atoms with Crippen molar-refractivity contribution in [2.24, 2.45) is 0 Å². The van der Waals surface area contributed by atoms with Crippen LogP contribution in [0.1, 0.15) is 41.3 Å². The third-order valence-electron chi connectivity index (χ3n) is 5.83. The van der Waals surface area contributed by atoms with Crippen LogP contribution in [0.5, 0.6) is 11.5 Å². The van der Waals surface area contributed by atoms with Gasteiger partial charge in [-0.3, -0.25) is 4.79 Å². The summed E-state index contributed by atoms with van der Waals surface area (Å²) in [5, 5.41) is 3.24. The Labute approximate surface area is 197 Å². The van der Waals surface area contributed by atoms with Gasteiger partial charge in [-0.1, -0.05) is 30.3 Å². The third kappa shape index (κ3) is 3.91. The number of benzene rings is 2. The van der Waals surface area contributed by atoms with Crippen molar-refractivity contribution in [2.45, 2.75) is 19.8 Å². The molecule has 0 saturated heterocycles. The molecule has 0 amide bonds. The maximum atomic E-state index is 13.5. The molecular formula is C26H25NO7. The van der Waals surface area contributed by atoms with Gasteiger partial charge in [0.05, 0.1) is 32.1 Å². The van der Waals surface area contributed by atoms with Gasteiger partial charge in [0.25, 0.3) is 0 Å². The van der Waals surface area contributed by atoms with Gasteiger partial charge in [-0.15, -0.1) is 0 Å². The van der Waals surface area contributed by atoms with Crippen LogP contribution in [0, 0.1) is 0 Å². The topological polar surface area (TPSA) is 100 Å². The molecule has 2 aliphatic rings. The number of rotatable bonds is 7. The highest BCUT2D eigenvalue weighted by molar-refractivity contribution is 6.23. The van der Waals surface area contributed by atoms with E-state index in [2.05, 4.69) is 5.32 Å². The van der Waals surface area contributed by atoms with Crippen LogP contribution in [0.4, 0.5) is 0 Å². The summed E-state index contributed by atoms with van der Waals surface area (Å²) in [6, 6.07) is 12.4. The van der Waals surface area contributed by atoms with Crippen LogP contribution in [-0.2, 0) is 19.1 Å². The molecule has 1 atom stereocenters. The second-order valence-corrected chi connectivity index (χ2v) is 7.76. The lowest BCUT2D eigenvalue weighted by Crippen LogP contribution is -2.29. The van der Waals surface area contributed by atoms with Crippen LogP contribution < -0.4 is 14.8 Å². The maximum absolute atomic E-state index is 13.5. The monoisotopic (exact) mass is 463 g/mol. The van der Waals surface area contributed by atoms with Crippen LogP contribution in [0.2, 0.25) is 0 Å². The van der Waals surface area contributed by atoms with Crippen LogP contribution in [0.15, 0.2) is 59.3 Å². The first-order chi connectivity index (χ1) is 16.4. The molecule has 8 heteroatoms. The molecule has 1 aliphatic carbocycles. The van der Waals surface area contributed by atoms with E-state index in [0.717, 1.165) is 5.56 Å². The molecule has 1 N–H and O–H groups in total. The molecule has 0 fully saturated rings. The number of fused-ring (bicyclic) bond motifs is 2. The van der Waals surface area contributed by atoms with E-state index >= 15 is 0 Å². The van der Waals surface area contributed by atoms with E-state index < -0.39 is 17.9 Å². The molecule has 0 bridgehead atoms. The molecular weight excluding hydrogens is 438 g/mol. The van der Waals surface area contributed by atoms with Crippen molar-refractivity contribution in [1.82, 2.24) is 5.32 Å². The zero-order valence-electron chi connectivity index (χ0n) is 19.4. The maximum Gasteiger partial charge on any atom is 0.344 e. The molecule has 1 aliphatic heterocycles. The Morgan fingerprint density at radius 1 is 1.03 bits per heavy atom. The van der Waals surface area contributed by atoms with Gasteiger partial charge in [0.1, 0.15) is 0 Å². The molecule has 0 spiro atoms. The first-order valence-electron chi connectivity index (χ1n) is 10.8. The minimum atomic E-state index is -0.684. The summed E-state index contributed by atoms with van der Waals surface area (Å²) in [6.45, 7) is 3.48. The van der Waals surface area contributed by atoms with Crippen molar-refractivity contribution in [1.29, 1.82) is 0 Å². The van der Waals surface area contributed by atoms with Gasteiger partial charge in [-0.05, 0) is 31.5 Å². The number of ketones is 1. The van der Waals surface area contributed by atoms with Crippen molar-refractivity contribution in [3.63, 3.8) is 0 Å². The summed E-state index contributed by atoms with van der Waals surface area (Å²) < 4.78 is 21.0. The van der Waals surface area contributed by atoms with Gasteiger partial charge in [0.15, 0.2) is 23.9 Å². The number of carbonyl (C=O) groups excluding carboxylic acids is 3. The lowest BCUT2D eigenvalue weighted by atomic mass is 9.79. The molecule has 0 saturated carbocycles. The number of dihydropyridines is 1. The van der Waals surface area contributed by atoms with Gasteiger partial charge < -0.3 is 24.3 Å². The Kier molecular flexibility index (Phi) is 6.40. The number of nitrogens with one attached hydrogen (secondary N) is 1. The number of allylic oxidation sites excluding steroid dienone is 2. The number of ether oxygens (including phenoxy) is 4. The molecule has 34 heavy (non-hydrogen) atoms. The number of hydrogen-bond donors (Lipinski definition) is 1. The van der Waals surface area contributed by atoms with Crippen molar-refractivity contribution in [2.75, 3.05) is 27.4 Å². The smallest absolute Gasteiger partial charge is 0.344 e. The largest absolute Gasteiger partial charge is 0.493 e. The lowest BCUT2D eigenvalue weighted by Gasteiger charge is -2.29. The molecule has 176 valence electrons. The Morgan fingerprint density at radius 2 is 1.76 bits per heavy atom. The van der Waals surface area contributed by atoms with Crippen molar-refractivity contribution < 1.29 is 33.3 Å². The summed E-state index contributed by atoms with van der Waals surface area (Å²) in [7, 11) is 2.78. The standard InChI is InChI=1S/C26H25NO7/c1-5-33-20(28)13-34-18-11-10-15(12-19(18)31-3)22-21(26(30)32-4)14(2)27-24-16-8-6-7-9-17(16)25(29)23(22)24/h6-12,22,27H,5,13H2,1-4H3/t22-/m0/s1. The fourth-order valence-electron chi connectivity index (χ4n) is 4.37. The normalized spacial score (nSPS) is 16.5. The van der Waals surface area contributed by atoms with Gasteiger partial charge in [0.2, 0.25) is 0 Å². The van der Waals surface area contributed by atoms with Crippen molar-refractivity contribution in [3.8, 4) is 11.5 Å². The predicted octanol–water partition coefficient (Wildman–Crippen LogP) is 3.38. The van der Waals surface area contributed by atoms with E-state index in [4.69, 9.17) is 18.9 Å². The van der Waals surface area contributed by atoms with E-state index in [9.17, 15) is 14.4 Å². The van der Waals surface area contributed by atoms with E-state index in [-0.39, 0.29) is 19.0 Å². The molecule has 0 aromatic heterocycles. The summed E-state index contributed by atoms with van der Waals surface area (Å²) in [5.74, 6) is -1.18. The Morgan fingerprint density at radius 3 is 2.44 bits per heavy atom. The Balaban J connectivity index is 1.79. The Bertz CT molecular complexity index is 1240. The summed E-state index contributed by atoms with van der Waals surface area (Å²) in [5.41, 5.74) is 4.09. The Hall–Kier alpha value is -4.07. The molecule has 0 radical (unpaired) electrons. The highest BCUT2D eigenvalue weighted by Gasteiger charge is 2.43. The predicted molar refractivity (Wildman–Crippen MR) is 123 cm³/mol. The average molecular weight is 463 g/mol. The minimum absolute atomic E-state index is 0.154. The third-order valence-corrected chi connectivity index (χ3v) is 5.83. The summed E-state index contributed by atoms with van der Waals surface area (Å²) >= 11 is 0. The summed E-state index contributed by atoms with van der Waals surface area (Å²) in [4.78, 5) is 38.0. The fourth-order valence-corrected chi connectivity index (χ4v) is 4.37. The van der Waals surface area contributed by atoms with Crippen LogP contribution in [-0.4, -0.2) is 45.2 Å². The highest BCUT2D eigenvalue weighted by Crippen LogP contribution is 2.47. The van der Waals surface area contributed by atoms with E-state index in [1.165, 1.54) is 14.2 Å². The van der Waals surface area contributed by atoms with Gasteiger partial charge in [0, 0.05) is 28.3 Å². The second-order valence-electron chi connectivity index (χ2n) is 7.76. The second kappa shape index (κ2) is 9.43. The lowest BCUT2D eigenvalue weighted by molar-refractivity contribution is -0.145. The molecule has 8 nitrogen and oxygen atoms in total. The zero-order chi connectivity index (χ0) is 24.4. The fraction of sp³-hybridized carbons (Fsp3) is 0.269. The van der Waals surface area contributed by atoms with Gasteiger partial charge in [-0.25, -0.2) is 9.59 Å². The molecule has 1 heterocycles. The molecule has 0 unspecified atom stereocenters. The summed E-state index contributed by atoms with van der Waals surface area (Å²) in [6.07, 6.45) is 0. The number of Topliss-reactive ketones (excluding diaryl/α,β-unsaturated/α-hetero) is 1. The molecule has 2 aromatic carbocycles. The minimum Gasteiger partial charge on any atom is -0.493 e. The van der Waals surface area contributed by atoms with Crippen molar-refractivity contribution in [3.05, 3.63) is 76.0 Å². The zero-order valence-corrected chi connectivity index (χ0v) is 19.4. The average Bonchev–Trinajstić information content (AvgIpc) is 3.13. The first kappa shape index (κ1) is 23.1. The number of carbonyl (C=O) groups is 3. The number of methoxy groups -OCH3 is 2. The van der Waals surface area contributed by atoms with Crippen LogP contribution >= 0.6 is 0 Å². The number of hydrogen-bond acceptors (Lipinski definition) is 8. The molecule has 2 aromatic rings. The SMILES string of the molecule is CCOC(=O)COc1ccc([C@H]2C(C(=O)OC)=C(C)NC3=C2C(=O)c2ccccc23)cc1OC. The van der Waals surface area contributed by atoms with Crippen molar-refractivity contribution >= 4 is 23.4 Å². The van der Waals surface area contributed by atoms with Gasteiger partial charge >= 0.3 is 11.9 Å². The van der Waals surface area contributed by atoms with Gasteiger partial charge in [-0.2, -0.15) is 0 Å². The highest BCUT2D eigenvalue weighted by atomic mass is 16.6. The van der Waals surface area contributed by atoms with Crippen LogP contribution in [0.25, 0.3) is 5.70 Å².